The molecule has 2 aromatic rings. The summed E-state index contributed by atoms with van der Waals surface area (Å²) in [5.41, 5.74) is 2.94. The number of nitrogens with zero attached hydrogens (tertiary/aromatic N) is 2. The fourth-order valence-corrected chi connectivity index (χ4v) is 1.62. The van der Waals surface area contributed by atoms with Crippen LogP contribution in [0.1, 0.15) is 23.4 Å². The van der Waals surface area contributed by atoms with Crippen molar-refractivity contribution in [2.24, 2.45) is 0 Å². The summed E-state index contributed by atoms with van der Waals surface area (Å²) in [7, 11) is 0. The Bertz CT molecular complexity index is 507. The van der Waals surface area contributed by atoms with Crippen LogP contribution in [0.3, 0.4) is 0 Å². The van der Waals surface area contributed by atoms with E-state index in [0.29, 0.717) is 19.4 Å². The van der Waals surface area contributed by atoms with Gasteiger partial charge in [-0.25, -0.2) is 0 Å². The number of aromatic nitrogens is 3. The van der Waals surface area contributed by atoms with Gasteiger partial charge in [-0.3, -0.25) is 14.9 Å². The first kappa shape index (κ1) is 12.3. The van der Waals surface area contributed by atoms with Crippen molar-refractivity contribution in [1.82, 2.24) is 20.5 Å². The lowest BCUT2D eigenvalue weighted by Gasteiger charge is -2.04. The average molecular weight is 244 g/mol. The highest BCUT2D eigenvalue weighted by Gasteiger charge is 2.05. The SMILES string of the molecule is Cc1[nH]ncc1CNC(=O)CCc1ccccn1. The van der Waals surface area contributed by atoms with Crippen LogP contribution in [-0.2, 0) is 17.8 Å². The average Bonchev–Trinajstić information content (AvgIpc) is 2.81. The molecule has 1 amide bonds. The number of pyridine rings is 1. The molecule has 0 fully saturated rings. The van der Waals surface area contributed by atoms with Crippen LogP contribution < -0.4 is 5.32 Å². The highest BCUT2D eigenvalue weighted by molar-refractivity contribution is 5.76. The van der Waals surface area contributed by atoms with Gasteiger partial charge in [0.05, 0.1) is 6.20 Å². The van der Waals surface area contributed by atoms with Crippen molar-refractivity contribution in [2.45, 2.75) is 26.3 Å². The van der Waals surface area contributed by atoms with Gasteiger partial charge >= 0.3 is 0 Å². The Kier molecular flexibility index (Phi) is 4.06. The van der Waals surface area contributed by atoms with Crippen molar-refractivity contribution in [3.63, 3.8) is 0 Å². The minimum Gasteiger partial charge on any atom is -0.352 e. The van der Waals surface area contributed by atoms with Gasteiger partial charge in [0.25, 0.3) is 0 Å². The molecular formula is C13H16N4O. The third-order valence-electron chi connectivity index (χ3n) is 2.74. The minimum absolute atomic E-state index is 0.0289. The lowest BCUT2D eigenvalue weighted by atomic mass is 10.2. The number of amides is 1. The van der Waals surface area contributed by atoms with Crippen molar-refractivity contribution in [1.29, 1.82) is 0 Å². The summed E-state index contributed by atoms with van der Waals surface area (Å²) in [6.45, 7) is 2.45. The van der Waals surface area contributed by atoms with Gasteiger partial charge in [-0.05, 0) is 25.5 Å². The topological polar surface area (TPSA) is 70.7 Å². The molecule has 94 valence electrons. The van der Waals surface area contributed by atoms with Crippen LogP contribution in [0.25, 0.3) is 0 Å². The van der Waals surface area contributed by atoms with Gasteiger partial charge in [-0.15, -0.1) is 0 Å². The Labute approximate surface area is 106 Å². The molecule has 0 saturated carbocycles. The summed E-state index contributed by atoms with van der Waals surface area (Å²) >= 11 is 0. The predicted octanol–water partition coefficient (Wildman–Crippen LogP) is 1.36. The molecule has 18 heavy (non-hydrogen) atoms. The molecule has 0 atom stereocenters. The maximum absolute atomic E-state index is 11.7. The number of hydrogen-bond acceptors (Lipinski definition) is 3. The molecule has 0 aromatic carbocycles. The minimum atomic E-state index is 0.0289. The second-order valence-corrected chi connectivity index (χ2v) is 4.12. The molecule has 0 radical (unpaired) electrons. The molecule has 2 N–H and O–H groups in total. The van der Waals surface area contributed by atoms with Crippen LogP contribution >= 0.6 is 0 Å². The Balaban J connectivity index is 1.75. The molecule has 0 saturated heterocycles. The van der Waals surface area contributed by atoms with Gasteiger partial charge in [0.15, 0.2) is 0 Å². The number of nitrogens with one attached hydrogen (secondary N) is 2. The highest BCUT2D eigenvalue weighted by atomic mass is 16.1. The summed E-state index contributed by atoms with van der Waals surface area (Å²) < 4.78 is 0. The van der Waals surface area contributed by atoms with E-state index in [1.54, 1.807) is 12.4 Å². The largest absolute Gasteiger partial charge is 0.352 e. The van der Waals surface area contributed by atoms with E-state index in [2.05, 4.69) is 20.5 Å². The van der Waals surface area contributed by atoms with Gasteiger partial charge in [0.2, 0.25) is 5.91 Å². The van der Waals surface area contributed by atoms with E-state index in [1.807, 2.05) is 25.1 Å². The maximum Gasteiger partial charge on any atom is 0.220 e. The molecule has 0 aliphatic carbocycles. The number of aryl methyl sites for hydroxylation is 2. The van der Waals surface area contributed by atoms with Crippen molar-refractivity contribution in [3.8, 4) is 0 Å². The van der Waals surface area contributed by atoms with E-state index >= 15 is 0 Å². The van der Waals surface area contributed by atoms with Crippen LogP contribution in [0.4, 0.5) is 0 Å². The second kappa shape index (κ2) is 5.95. The monoisotopic (exact) mass is 244 g/mol. The third-order valence-corrected chi connectivity index (χ3v) is 2.74. The lowest BCUT2D eigenvalue weighted by Crippen LogP contribution is -2.23. The zero-order valence-corrected chi connectivity index (χ0v) is 10.3. The molecule has 0 spiro atoms. The molecule has 0 aliphatic rings. The first-order valence-corrected chi connectivity index (χ1v) is 5.91. The molecular weight excluding hydrogens is 228 g/mol. The number of H-pyrrole nitrogens is 1. The maximum atomic E-state index is 11.7. The molecule has 5 nitrogen and oxygen atoms in total. The zero-order chi connectivity index (χ0) is 12.8. The number of rotatable bonds is 5. The fourth-order valence-electron chi connectivity index (χ4n) is 1.62. The van der Waals surface area contributed by atoms with E-state index < -0.39 is 0 Å². The summed E-state index contributed by atoms with van der Waals surface area (Å²) in [4.78, 5) is 15.8. The Morgan fingerprint density at radius 3 is 3.00 bits per heavy atom. The third kappa shape index (κ3) is 3.41. The van der Waals surface area contributed by atoms with Gasteiger partial charge in [0.1, 0.15) is 0 Å². The molecule has 5 heteroatoms. The molecule has 0 aliphatic heterocycles. The van der Waals surface area contributed by atoms with Crippen LogP contribution in [-0.4, -0.2) is 21.1 Å². The number of carbonyl (C=O) groups is 1. The zero-order valence-electron chi connectivity index (χ0n) is 10.3. The Morgan fingerprint density at radius 1 is 1.44 bits per heavy atom. The summed E-state index contributed by atoms with van der Waals surface area (Å²) in [6.07, 6.45) is 4.58. The standard InChI is InChI=1S/C13H16N4O/c1-10-11(9-16-17-10)8-15-13(18)6-5-12-4-2-3-7-14-12/h2-4,7,9H,5-6,8H2,1H3,(H,15,18)(H,16,17). The molecule has 2 rings (SSSR count). The van der Waals surface area contributed by atoms with Crippen LogP contribution in [0, 0.1) is 6.92 Å². The number of hydrogen-bond donors (Lipinski definition) is 2. The normalized spacial score (nSPS) is 10.3. The van der Waals surface area contributed by atoms with Crippen LogP contribution in [0.15, 0.2) is 30.6 Å². The van der Waals surface area contributed by atoms with E-state index in [4.69, 9.17) is 0 Å². The Hall–Kier alpha value is -2.17. The molecule has 2 aromatic heterocycles. The van der Waals surface area contributed by atoms with Gasteiger partial charge in [-0.2, -0.15) is 5.10 Å². The predicted molar refractivity (Wildman–Crippen MR) is 67.7 cm³/mol. The number of carbonyl (C=O) groups excluding carboxylic acids is 1. The van der Waals surface area contributed by atoms with Crippen LogP contribution in [0.5, 0.6) is 0 Å². The molecule has 2 heterocycles. The Morgan fingerprint density at radius 2 is 2.33 bits per heavy atom. The van der Waals surface area contributed by atoms with E-state index in [1.165, 1.54) is 0 Å². The summed E-state index contributed by atoms with van der Waals surface area (Å²) in [6, 6.07) is 5.72. The smallest absolute Gasteiger partial charge is 0.220 e. The summed E-state index contributed by atoms with van der Waals surface area (Å²) in [5.74, 6) is 0.0289. The van der Waals surface area contributed by atoms with Gasteiger partial charge < -0.3 is 5.32 Å². The highest BCUT2D eigenvalue weighted by Crippen LogP contribution is 2.02. The second-order valence-electron chi connectivity index (χ2n) is 4.12. The van der Waals surface area contributed by atoms with E-state index in [9.17, 15) is 4.79 Å². The van der Waals surface area contributed by atoms with E-state index in [-0.39, 0.29) is 5.91 Å². The van der Waals surface area contributed by atoms with Gasteiger partial charge in [0, 0.05) is 36.1 Å². The van der Waals surface area contributed by atoms with Crippen LogP contribution in [0.2, 0.25) is 0 Å². The quantitative estimate of drug-likeness (QED) is 0.834. The fraction of sp³-hybridized carbons (Fsp3) is 0.308. The molecule has 0 unspecified atom stereocenters. The van der Waals surface area contributed by atoms with Crippen molar-refractivity contribution < 1.29 is 4.79 Å². The van der Waals surface area contributed by atoms with Crippen molar-refractivity contribution in [3.05, 3.63) is 47.5 Å². The number of aromatic amines is 1. The first-order chi connectivity index (χ1) is 8.75. The first-order valence-electron chi connectivity index (χ1n) is 5.91. The lowest BCUT2D eigenvalue weighted by molar-refractivity contribution is -0.121. The van der Waals surface area contributed by atoms with Gasteiger partial charge in [-0.1, -0.05) is 6.07 Å². The van der Waals surface area contributed by atoms with Crippen molar-refractivity contribution in [2.75, 3.05) is 0 Å². The van der Waals surface area contributed by atoms with Crippen molar-refractivity contribution >= 4 is 5.91 Å². The molecule has 0 bridgehead atoms. The van der Waals surface area contributed by atoms with E-state index in [0.717, 1.165) is 17.0 Å². The summed E-state index contributed by atoms with van der Waals surface area (Å²) in [5, 5.41) is 9.62.